The Balaban J connectivity index is 1.44. The summed E-state index contributed by atoms with van der Waals surface area (Å²) in [5, 5.41) is 7.29. The average molecular weight is 417 g/mol. The van der Waals surface area contributed by atoms with Gasteiger partial charge in [0.25, 0.3) is 5.91 Å². The Labute approximate surface area is 179 Å². The molecule has 0 spiro atoms. The molecule has 4 aromatic rings. The van der Waals surface area contributed by atoms with E-state index in [1.807, 2.05) is 58.1 Å². The molecule has 0 atom stereocenters. The molecule has 3 heterocycles. The number of aromatic amines is 1. The normalized spacial score (nSPS) is 13.4. The van der Waals surface area contributed by atoms with Gasteiger partial charge in [-0.25, -0.2) is 4.98 Å². The number of nitrogens with one attached hydrogen (secondary N) is 1. The topological polar surface area (TPSA) is 84.8 Å². The van der Waals surface area contributed by atoms with Crippen LogP contribution in [0.25, 0.3) is 16.9 Å². The number of hydrogen-bond donors (Lipinski definition) is 1. The van der Waals surface area contributed by atoms with Crippen molar-refractivity contribution in [2.75, 3.05) is 14.2 Å². The molecule has 0 unspecified atom stereocenters. The van der Waals surface area contributed by atoms with Crippen LogP contribution >= 0.6 is 0 Å². The van der Waals surface area contributed by atoms with E-state index in [9.17, 15) is 4.79 Å². The maximum atomic E-state index is 13.4. The van der Waals surface area contributed by atoms with E-state index in [1.165, 1.54) is 0 Å². The number of H-pyrrole nitrogens is 1. The fourth-order valence-electron chi connectivity index (χ4n) is 3.77. The minimum absolute atomic E-state index is 0.0750. The molecule has 0 radical (unpaired) electrons. The second kappa shape index (κ2) is 7.79. The molecule has 0 aliphatic heterocycles. The monoisotopic (exact) mass is 417 g/mol. The Morgan fingerprint density at radius 1 is 1.19 bits per heavy atom. The van der Waals surface area contributed by atoms with Gasteiger partial charge >= 0.3 is 0 Å². The Kier molecular flexibility index (Phi) is 4.82. The van der Waals surface area contributed by atoms with Gasteiger partial charge in [0, 0.05) is 17.8 Å². The molecule has 5 rings (SSSR count). The molecule has 3 aromatic heterocycles. The number of carbonyl (C=O) groups is 1. The van der Waals surface area contributed by atoms with Crippen LogP contribution in [0.2, 0.25) is 0 Å². The largest absolute Gasteiger partial charge is 0.497 e. The number of pyridine rings is 1. The van der Waals surface area contributed by atoms with Gasteiger partial charge in [-0.05, 0) is 49.2 Å². The lowest BCUT2D eigenvalue weighted by atomic mass is 10.1. The summed E-state index contributed by atoms with van der Waals surface area (Å²) in [4.78, 5) is 19.7. The van der Waals surface area contributed by atoms with Crippen molar-refractivity contribution in [1.82, 2.24) is 24.5 Å². The summed E-state index contributed by atoms with van der Waals surface area (Å²) in [6.45, 7) is 0.492. The van der Waals surface area contributed by atoms with Crippen molar-refractivity contribution in [2.24, 2.45) is 0 Å². The second-order valence-electron chi connectivity index (χ2n) is 7.58. The third kappa shape index (κ3) is 3.61. The molecule has 0 bridgehead atoms. The standard InChI is InChI=1S/C23H23N5O3/c1-30-17-8-9-21(31-2)18(11-17)19-12-20(26-25-19)23(29)28(15-6-7-15)14-16-13-24-22-5-3-4-10-27(16)22/h3-5,8-13,15H,6-7,14H2,1-2H3,(H,25,26). The minimum atomic E-state index is -0.0750. The molecule has 8 nitrogen and oxygen atoms in total. The van der Waals surface area contributed by atoms with Gasteiger partial charge in [-0.2, -0.15) is 5.10 Å². The molecule has 1 fully saturated rings. The zero-order chi connectivity index (χ0) is 21.4. The van der Waals surface area contributed by atoms with E-state index in [1.54, 1.807) is 20.3 Å². The molecule has 158 valence electrons. The molecule has 0 saturated heterocycles. The summed E-state index contributed by atoms with van der Waals surface area (Å²) in [6.07, 6.45) is 5.81. The lowest BCUT2D eigenvalue weighted by molar-refractivity contribution is 0.0721. The zero-order valence-electron chi connectivity index (χ0n) is 17.4. The number of rotatable bonds is 7. The van der Waals surface area contributed by atoms with Crippen molar-refractivity contribution >= 4 is 11.6 Å². The Bertz CT molecular complexity index is 1240. The molecule has 1 N–H and O–H groups in total. The molecule has 1 aliphatic carbocycles. The van der Waals surface area contributed by atoms with Crippen LogP contribution in [0.5, 0.6) is 11.5 Å². The molecule has 8 heteroatoms. The summed E-state index contributed by atoms with van der Waals surface area (Å²) in [5.41, 5.74) is 3.68. The lowest BCUT2D eigenvalue weighted by Crippen LogP contribution is -2.33. The van der Waals surface area contributed by atoms with Gasteiger partial charge in [-0.1, -0.05) is 6.07 Å². The quantitative estimate of drug-likeness (QED) is 0.497. The van der Waals surface area contributed by atoms with Crippen LogP contribution in [0.15, 0.2) is 54.9 Å². The highest BCUT2D eigenvalue weighted by molar-refractivity contribution is 5.94. The SMILES string of the molecule is COc1ccc(OC)c(-c2cc(C(=O)N(Cc3cnc4ccccn34)C3CC3)[nH]n2)c1. The van der Waals surface area contributed by atoms with Gasteiger partial charge in [0.05, 0.1) is 38.3 Å². The molecular formula is C23H23N5O3. The van der Waals surface area contributed by atoms with Crippen LogP contribution in [-0.2, 0) is 6.54 Å². The van der Waals surface area contributed by atoms with Gasteiger partial charge < -0.3 is 18.8 Å². The summed E-state index contributed by atoms with van der Waals surface area (Å²) in [7, 11) is 3.22. The van der Waals surface area contributed by atoms with Gasteiger partial charge in [0.2, 0.25) is 0 Å². The van der Waals surface area contributed by atoms with Gasteiger partial charge in [-0.3, -0.25) is 9.89 Å². The zero-order valence-corrected chi connectivity index (χ0v) is 17.4. The third-order valence-electron chi connectivity index (χ3n) is 5.57. The summed E-state index contributed by atoms with van der Waals surface area (Å²) in [5.74, 6) is 1.28. The van der Waals surface area contributed by atoms with Crippen molar-refractivity contribution in [3.63, 3.8) is 0 Å². The highest BCUT2D eigenvalue weighted by Gasteiger charge is 2.34. The first-order valence-corrected chi connectivity index (χ1v) is 10.2. The first-order chi connectivity index (χ1) is 15.2. The van der Waals surface area contributed by atoms with Gasteiger partial charge in [0.15, 0.2) is 0 Å². The number of ether oxygens (including phenoxy) is 2. The number of methoxy groups -OCH3 is 2. The van der Waals surface area contributed by atoms with E-state index < -0.39 is 0 Å². The molecule has 1 aliphatic rings. The van der Waals surface area contributed by atoms with E-state index >= 15 is 0 Å². The summed E-state index contributed by atoms with van der Waals surface area (Å²) >= 11 is 0. The van der Waals surface area contributed by atoms with Crippen molar-refractivity contribution in [3.8, 4) is 22.8 Å². The van der Waals surface area contributed by atoms with Crippen molar-refractivity contribution < 1.29 is 14.3 Å². The Hall–Kier alpha value is -3.81. The fraction of sp³-hybridized carbons (Fsp3) is 0.261. The van der Waals surface area contributed by atoms with Crippen molar-refractivity contribution in [3.05, 3.63) is 66.2 Å². The van der Waals surface area contributed by atoms with E-state index in [0.29, 0.717) is 29.4 Å². The van der Waals surface area contributed by atoms with Crippen LogP contribution in [0.3, 0.4) is 0 Å². The van der Waals surface area contributed by atoms with E-state index in [4.69, 9.17) is 9.47 Å². The van der Waals surface area contributed by atoms with Crippen LogP contribution in [0.4, 0.5) is 0 Å². The number of benzene rings is 1. The first kappa shape index (κ1) is 19.2. The van der Waals surface area contributed by atoms with Gasteiger partial charge in [-0.15, -0.1) is 0 Å². The summed E-state index contributed by atoms with van der Waals surface area (Å²) in [6, 6.07) is 13.4. The van der Waals surface area contributed by atoms with Crippen LogP contribution in [-0.4, -0.2) is 50.7 Å². The molecule has 31 heavy (non-hydrogen) atoms. The second-order valence-corrected chi connectivity index (χ2v) is 7.58. The van der Waals surface area contributed by atoms with E-state index in [-0.39, 0.29) is 11.9 Å². The van der Waals surface area contributed by atoms with E-state index in [0.717, 1.165) is 29.7 Å². The predicted molar refractivity (Wildman–Crippen MR) is 115 cm³/mol. The Morgan fingerprint density at radius 2 is 2.06 bits per heavy atom. The van der Waals surface area contributed by atoms with Crippen molar-refractivity contribution in [2.45, 2.75) is 25.4 Å². The smallest absolute Gasteiger partial charge is 0.272 e. The number of fused-ring (bicyclic) bond motifs is 1. The van der Waals surface area contributed by atoms with Crippen molar-refractivity contribution in [1.29, 1.82) is 0 Å². The minimum Gasteiger partial charge on any atom is -0.497 e. The number of amides is 1. The number of carbonyl (C=O) groups excluding carboxylic acids is 1. The number of aromatic nitrogens is 4. The third-order valence-corrected chi connectivity index (χ3v) is 5.57. The number of nitrogens with zero attached hydrogens (tertiary/aromatic N) is 4. The predicted octanol–water partition coefficient (Wildman–Crippen LogP) is 3.55. The summed E-state index contributed by atoms with van der Waals surface area (Å²) < 4.78 is 12.8. The Morgan fingerprint density at radius 3 is 2.84 bits per heavy atom. The lowest BCUT2D eigenvalue weighted by Gasteiger charge is -2.21. The van der Waals surface area contributed by atoms with E-state index in [2.05, 4.69) is 15.2 Å². The molecule has 1 amide bonds. The average Bonchev–Trinajstić information content (AvgIpc) is 3.39. The van der Waals surface area contributed by atoms with Gasteiger partial charge in [0.1, 0.15) is 22.8 Å². The molecule has 1 saturated carbocycles. The van der Waals surface area contributed by atoms with Crippen LogP contribution in [0.1, 0.15) is 29.0 Å². The fourth-order valence-corrected chi connectivity index (χ4v) is 3.77. The highest BCUT2D eigenvalue weighted by Crippen LogP contribution is 2.34. The highest BCUT2D eigenvalue weighted by atomic mass is 16.5. The maximum Gasteiger partial charge on any atom is 0.272 e. The van der Waals surface area contributed by atoms with Crippen LogP contribution < -0.4 is 9.47 Å². The first-order valence-electron chi connectivity index (χ1n) is 10.2. The number of imidazole rings is 1. The number of hydrogen-bond acceptors (Lipinski definition) is 5. The molecule has 1 aromatic carbocycles. The maximum absolute atomic E-state index is 13.4. The van der Waals surface area contributed by atoms with Crippen LogP contribution in [0, 0.1) is 0 Å². The molecular weight excluding hydrogens is 394 g/mol.